The number of benzene rings is 2. The number of fused-ring (bicyclic) bond motifs is 4. The summed E-state index contributed by atoms with van der Waals surface area (Å²) in [6.45, 7) is 6.54. The summed E-state index contributed by atoms with van der Waals surface area (Å²) in [4.78, 5) is 2.52. The highest BCUT2D eigenvalue weighted by Gasteiger charge is 2.52. The van der Waals surface area contributed by atoms with Crippen molar-refractivity contribution in [2.45, 2.75) is 50.9 Å². The average Bonchev–Trinajstić information content (AvgIpc) is 3.22. The zero-order valence-electron chi connectivity index (χ0n) is 17.8. The van der Waals surface area contributed by atoms with Crippen molar-refractivity contribution in [1.29, 1.82) is 0 Å². The van der Waals surface area contributed by atoms with E-state index in [0.717, 1.165) is 65.7 Å². The van der Waals surface area contributed by atoms with E-state index in [9.17, 15) is 0 Å². The molecule has 3 aliphatic rings. The van der Waals surface area contributed by atoms with E-state index in [1.54, 1.807) is 7.11 Å². The summed E-state index contributed by atoms with van der Waals surface area (Å²) < 4.78 is 12.0. The van der Waals surface area contributed by atoms with Gasteiger partial charge in [-0.25, -0.2) is 5.01 Å². The number of likely N-dealkylation sites (tertiary alicyclic amines) is 1. The van der Waals surface area contributed by atoms with Crippen molar-refractivity contribution >= 4 is 17.3 Å². The van der Waals surface area contributed by atoms with Crippen LogP contribution in [-0.4, -0.2) is 47.6 Å². The lowest BCUT2D eigenvalue weighted by Gasteiger charge is -2.51. The SMILES string of the molecule is COc1ccc(C2=NN3[C@H](C2)c2cc(Cl)ccc2OC32CCN(C(C)C)CC2)cc1. The summed E-state index contributed by atoms with van der Waals surface area (Å²) in [5.74, 6) is 1.80. The van der Waals surface area contributed by atoms with E-state index in [1.807, 2.05) is 30.3 Å². The Balaban J connectivity index is 1.52. The van der Waals surface area contributed by atoms with Crippen LogP contribution in [0.2, 0.25) is 5.02 Å². The average molecular weight is 426 g/mol. The minimum atomic E-state index is -0.398. The fraction of sp³-hybridized carbons (Fsp3) is 0.458. The number of rotatable bonds is 3. The van der Waals surface area contributed by atoms with Crippen molar-refractivity contribution in [3.8, 4) is 11.5 Å². The van der Waals surface area contributed by atoms with Crippen molar-refractivity contribution in [1.82, 2.24) is 9.91 Å². The number of halogens is 1. The number of hydrogen-bond donors (Lipinski definition) is 0. The molecule has 3 aliphatic heterocycles. The van der Waals surface area contributed by atoms with Gasteiger partial charge >= 0.3 is 0 Å². The molecule has 1 atom stereocenters. The van der Waals surface area contributed by atoms with E-state index in [2.05, 4.69) is 35.9 Å². The number of nitrogens with zero attached hydrogens (tertiary/aromatic N) is 3. The van der Waals surface area contributed by atoms with E-state index in [-0.39, 0.29) is 6.04 Å². The van der Waals surface area contributed by atoms with Crippen LogP contribution in [0.1, 0.15) is 50.3 Å². The third kappa shape index (κ3) is 3.25. The maximum Gasteiger partial charge on any atom is 0.200 e. The Morgan fingerprint density at radius 1 is 1.13 bits per heavy atom. The second-order valence-electron chi connectivity index (χ2n) is 8.70. The van der Waals surface area contributed by atoms with Gasteiger partial charge < -0.3 is 14.4 Å². The van der Waals surface area contributed by atoms with Crippen molar-refractivity contribution in [3.63, 3.8) is 0 Å². The standard InChI is InChI=1S/C24H28ClN3O2/c1-16(2)27-12-10-24(11-13-27)28-22(20-14-18(25)6-9-23(20)30-24)15-21(26-28)17-4-7-19(29-3)8-5-17/h4-9,14,16,22H,10-13,15H2,1-3H3/t22-/m1/s1. The molecule has 2 aromatic rings. The van der Waals surface area contributed by atoms with Crippen LogP contribution in [0.5, 0.6) is 11.5 Å². The smallest absolute Gasteiger partial charge is 0.200 e. The molecule has 158 valence electrons. The largest absolute Gasteiger partial charge is 0.497 e. The fourth-order valence-electron chi connectivity index (χ4n) is 4.93. The van der Waals surface area contributed by atoms with Crippen LogP contribution in [0.15, 0.2) is 47.6 Å². The monoisotopic (exact) mass is 425 g/mol. The Morgan fingerprint density at radius 3 is 2.53 bits per heavy atom. The van der Waals surface area contributed by atoms with E-state index in [1.165, 1.54) is 0 Å². The third-order valence-electron chi connectivity index (χ3n) is 6.69. The van der Waals surface area contributed by atoms with Crippen LogP contribution in [0.3, 0.4) is 0 Å². The number of hydrazone groups is 1. The van der Waals surface area contributed by atoms with Gasteiger partial charge in [0.1, 0.15) is 11.5 Å². The predicted octanol–water partition coefficient (Wildman–Crippen LogP) is 5.09. The van der Waals surface area contributed by atoms with Crippen LogP contribution in [0.25, 0.3) is 0 Å². The highest BCUT2D eigenvalue weighted by Crippen LogP contribution is 2.50. The molecule has 5 nitrogen and oxygen atoms in total. The summed E-state index contributed by atoms with van der Waals surface area (Å²) >= 11 is 6.35. The molecule has 6 heteroatoms. The van der Waals surface area contributed by atoms with Gasteiger partial charge in [-0.1, -0.05) is 11.6 Å². The summed E-state index contributed by atoms with van der Waals surface area (Å²) in [5, 5.41) is 8.11. The van der Waals surface area contributed by atoms with Gasteiger partial charge in [0.25, 0.3) is 0 Å². The van der Waals surface area contributed by atoms with Gasteiger partial charge in [-0.15, -0.1) is 0 Å². The highest BCUT2D eigenvalue weighted by molar-refractivity contribution is 6.30. The zero-order chi connectivity index (χ0) is 20.9. The number of hydrogen-bond acceptors (Lipinski definition) is 5. The molecule has 0 aromatic heterocycles. The lowest BCUT2D eigenvalue weighted by molar-refractivity contribution is -0.152. The molecule has 1 fully saturated rings. The number of ether oxygens (including phenoxy) is 2. The molecule has 0 saturated carbocycles. The first kappa shape index (κ1) is 19.7. The van der Waals surface area contributed by atoms with Crippen LogP contribution < -0.4 is 9.47 Å². The maximum absolute atomic E-state index is 6.69. The Kier molecular flexibility index (Phi) is 4.91. The van der Waals surface area contributed by atoms with Crippen molar-refractivity contribution in [2.75, 3.05) is 20.2 Å². The summed E-state index contributed by atoms with van der Waals surface area (Å²) in [7, 11) is 1.69. The molecular weight excluding hydrogens is 398 g/mol. The van der Waals surface area contributed by atoms with Crippen molar-refractivity contribution < 1.29 is 9.47 Å². The number of methoxy groups -OCH3 is 1. The van der Waals surface area contributed by atoms with Crippen LogP contribution in [0.4, 0.5) is 0 Å². The highest BCUT2D eigenvalue weighted by atomic mass is 35.5. The van der Waals surface area contributed by atoms with Gasteiger partial charge in [0, 0.05) is 49.0 Å². The first-order valence-corrected chi connectivity index (χ1v) is 11.1. The molecule has 1 saturated heterocycles. The Hall–Kier alpha value is -2.24. The second-order valence-corrected chi connectivity index (χ2v) is 9.14. The van der Waals surface area contributed by atoms with E-state index in [0.29, 0.717) is 6.04 Å². The summed E-state index contributed by atoms with van der Waals surface area (Å²) in [5.41, 5.74) is 2.95. The van der Waals surface area contributed by atoms with Gasteiger partial charge in [-0.05, 0) is 61.9 Å². The lowest BCUT2D eigenvalue weighted by Crippen LogP contribution is -2.59. The van der Waals surface area contributed by atoms with Crippen molar-refractivity contribution in [3.05, 3.63) is 58.6 Å². The van der Waals surface area contributed by atoms with Gasteiger partial charge in [0.2, 0.25) is 5.72 Å². The zero-order valence-corrected chi connectivity index (χ0v) is 18.5. The van der Waals surface area contributed by atoms with Crippen molar-refractivity contribution in [2.24, 2.45) is 5.10 Å². The molecule has 0 radical (unpaired) electrons. The van der Waals surface area contributed by atoms with Crippen LogP contribution in [0, 0.1) is 0 Å². The lowest BCUT2D eigenvalue weighted by atomic mass is 9.90. The van der Waals surface area contributed by atoms with Crippen LogP contribution in [-0.2, 0) is 0 Å². The summed E-state index contributed by atoms with van der Waals surface area (Å²) in [6.07, 6.45) is 2.71. The maximum atomic E-state index is 6.69. The second kappa shape index (κ2) is 7.47. The van der Waals surface area contributed by atoms with Gasteiger partial charge in [-0.3, -0.25) is 0 Å². The van der Waals surface area contributed by atoms with Gasteiger partial charge in [-0.2, -0.15) is 5.10 Å². The molecule has 0 N–H and O–H groups in total. The molecule has 0 bridgehead atoms. The van der Waals surface area contributed by atoms with E-state index >= 15 is 0 Å². The minimum absolute atomic E-state index is 0.148. The third-order valence-corrected chi connectivity index (χ3v) is 6.93. The molecule has 0 unspecified atom stereocenters. The molecule has 0 amide bonds. The summed E-state index contributed by atoms with van der Waals surface area (Å²) in [6, 6.07) is 14.8. The molecule has 2 aromatic carbocycles. The first-order valence-electron chi connectivity index (χ1n) is 10.7. The minimum Gasteiger partial charge on any atom is -0.497 e. The topological polar surface area (TPSA) is 37.3 Å². The number of piperidine rings is 1. The Morgan fingerprint density at radius 2 is 1.87 bits per heavy atom. The van der Waals surface area contributed by atoms with Gasteiger partial charge in [0.15, 0.2) is 0 Å². The molecule has 3 heterocycles. The molecular formula is C24H28ClN3O2. The first-order chi connectivity index (χ1) is 14.5. The molecule has 1 spiro atoms. The molecule has 5 rings (SSSR count). The van der Waals surface area contributed by atoms with Crippen LogP contribution >= 0.6 is 11.6 Å². The molecule has 0 aliphatic carbocycles. The van der Waals surface area contributed by atoms with Gasteiger partial charge in [0.05, 0.1) is 18.9 Å². The Labute approximate surface area is 183 Å². The van der Waals surface area contributed by atoms with E-state index in [4.69, 9.17) is 26.2 Å². The van der Waals surface area contributed by atoms with E-state index < -0.39 is 5.72 Å². The fourth-order valence-corrected chi connectivity index (χ4v) is 5.11. The predicted molar refractivity (Wildman–Crippen MR) is 119 cm³/mol. The Bertz CT molecular complexity index is 965. The molecule has 30 heavy (non-hydrogen) atoms. The quantitative estimate of drug-likeness (QED) is 0.686. The normalized spacial score (nSPS) is 22.5.